The molecule has 20 heteroatoms. The van der Waals surface area contributed by atoms with E-state index in [0.717, 1.165) is 4.57 Å². The van der Waals surface area contributed by atoms with Crippen LogP contribution in [0.3, 0.4) is 0 Å². The van der Waals surface area contributed by atoms with Crippen molar-refractivity contribution in [3.05, 3.63) is 44.9 Å². The molecule has 0 radical (unpaired) electrons. The third-order valence-corrected chi connectivity index (χ3v) is 7.65. The first kappa shape index (κ1) is 26.8. The number of aliphatic hydroxyl groups excluding tert-OH is 1. The summed E-state index contributed by atoms with van der Waals surface area (Å²) in [5.74, 6) is 0. The fourth-order valence-corrected chi connectivity index (χ4v) is 5.62. The van der Waals surface area contributed by atoms with Crippen LogP contribution in [0, 0.1) is 0 Å². The molecule has 8 N–H and O–H groups in total. The molecule has 1 saturated heterocycles. The fraction of sp³-hybridized carbons (Fsp3) is 0.500. The van der Waals surface area contributed by atoms with Crippen LogP contribution in [-0.4, -0.2) is 53.0 Å². The molecule has 3 unspecified atom stereocenters. The maximum absolute atomic E-state index is 12.1. The molecule has 0 bridgehead atoms. The maximum atomic E-state index is 12.1. The number of nitrogens with two attached hydrogens (primary N) is 1. The van der Waals surface area contributed by atoms with Gasteiger partial charge in [0.05, 0.1) is 12.7 Å². The van der Waals surface area contributed by atoms with Crippen molar-refractivity contribution in [3.63, 3.8) is 0 Å². The summed E-state index contributed by atoms with van der Waals surface area (Å²) in [6.07, 6.45) is -0.0828. The second kappa shape index (κ2) is 10.2. The molecule has 0 saturated carbocycles. The van der Waals surface area contributed by atoms with E-state index in [1.165, 1.54) is 18.5 Å². The fourth-order valence-electron chi connectivity index (χ4n) is 2.59. The van der Waals surface area contributed by atoms with E-state index in [0.29, 0.717) is 0 Å². The van der Waals surface area contributed by atoms with Gasteiger partial charge in [0.25, 0.3) is 5.56 Å². The number of H-pyrrole nitrogens is 1. The molecule has 5 atom stereocenters. The van der Waals surface area contributed by atoms with Gasteiger partial charge in [-0.2, -0.15) is 8.62 Å². The first-order valence-corrected chi connectivity index (χ1v) is 13.0. The first-order chi connectivity index (χ1) is 14.6. The standard InChI is InChI=1S/C12H20N3O14P3/c13-3-1-2-7-5-15(12(18)14-11(7)17)10-4-8(16)9(27-10)6-26-31(22,23)29-32(24,25)28-30(19,20)21/h1,3,5,8-10,16H,2,4,6,13H2,(H,22,23)(H,24,25)(H,14,17,18)(H2,19,20,21)/t8?,9-,10-/m0/s1. The number of ether oxygens (including phenoxy) is 1. The van der Waals surface area contributed by atoms with Gasteiger partial charge in [-0.3, -0.25) is 18.9 Å². The molecule has 1 aliphatic rings. The Balaban J connectivity index is 2.07. The van der Waals surface area contributed by atoms with Gasteiger partial charge >= 0.3 is 29.2 Å². The van der Waals surface area contributed by atoms with Gasteiger partial charge in [0.15, 0.2) is 0 Å². The summed E-state index contributed by atoms with van der Waals surface area (Å²) in [7, 11) is -16.7. The molecule has 1 fully saturated rings. The molecular formula is C12H20N3O14P3. The lowest BCUT2D eigenvalue weighted by Crippen LogP contribution is -2.34. The molecule has 1 aromatic heterocycles. The lowest BCUT2D eigenvalue weighted by molar-refractivity contribution is -0.0450. The number of rotatable bonds is 10. The van der Waals surface area contributed by atoms with Crippen molar-refractivity contribution in [3.8, 4) is 0 Å². The smallest absolute Gasteiger partial charge is 0.405 e. The number of aromatic amines is 1. The molecule has 0 aliphatic carbocycles. The van der Waals surface area contributed by atoms with E-state index in [-0.39, 0.29) is 18.4 Å². The maximum Gasteiger partial charge on any atom is 0.490 e. The summed E-state index contributed by atoms with van der Waals surface area (Å²) >= 11 is 0. The number of aliphatic hydroxyl groups is 1. The molecule has 0 spiro atoms. The Bertz CT molecular complexity index is 1110. The highest BCUT2D eigenvalue weighted by Gasteiger charge is 2.43. The summed E-state index contributed by atoms with van der Waals surface area (Å²) in [5.41, 5.74) is 3.86. The Hall–Kier alpha value is -1.45. The average Bonchev–Trinajstić information content (AvgIpc) is 2.97. The zero-order valence-corrected chi connectivity index (χ0v) is 18.5. The van der Waals surface area contributed by atoms with Crippen LogP contribution in [0.2, 0.25) is 0 Å². The molecule has 1 aliphatic heterocycles. The number of allylic oxidation sites excluding steroid dienone is 1. The lowest BCUT2D eigenvalue weighted by Gasteiger charge is -2.19. The number of phosphoric acid groups is 3. The molecule has 182 valence electrons. The minimum atomic E-state index is -5.70. The normalized spacial score (nSPS) is 25.6. The van der Waals surface area contributed by atoms with Crippen molar-refractivity contribution in [2.75, 3.05) is 6.61 Å². The zero-order valence-electron chi connectivity index (χ0n) is 15.9. The van der Waals surface area contributed by atoms with Crippen molar-refractivity contribution in [1.82, 2.24) is 9.55 Å². The molecule has 0 amide bonds. The molecule has 0 aromatic carbocycles. The van der Waals surface area contributed by atoms with Crippen molar-refractivity contribution in [2.24, 2.45) is 5.73 Å². The first-order valence-electron chi connectivity index (χ1n) is 8.45. The predicted molar refractivity (Wildman–Crippen MR) is 103 cm³/mol. The third-order valence-electron chi connectivity index (χ3n) is 3.85. The third kappa shape index (κ3) is 7.85. The van der Waals surface area contributed by atoms with Crippen LogP contribution in [-0.2, 0) is 38.0 Å². The Morgan fingerprint density at radius 1 is 1.19 bits per heavy atom. The van der Waals surface area contributed by atoms with E-state index in [9.17, 15) is 33.3 Å². The van der Waals surface area contributed by atoms with E-state index in [1.54, 1.807) is 0 Å². The van der Waals surface area contributed by atoms with Crippen LogP contribution >= 0.6 is 23.5 Å². The van der Waals surface area contributed by atoms with Gasteiger partial charge in [0.2, 0.25) is 0 Å². The zero-order chi connectivity index (χ0) is 24.3. The highest BCUT2D eigenvalue weighted by atomic mass is 31.3. The summed E-state index contributed by atoms with van der Waals surface area (Å²) in [5, 5.41) is 10.1. The van der Waals surface area contributed by atoms with E-state index < -0.39 is 59.8 Å². The van der Waals surface area contributed by atoms with Crippen LogP contribution in [0.5, 0.6) is 0 Å². The minimum Gasteiger partial charge on any atom is -0.405 e. The number of nitrogens with zero attached hydrogens (tertiary/aromatic N) is 1. The lowest BCUT2D eigenvalue weighted by atomic mass is 10.2. The highest BCUT2D eigenvalue weighted by molar-refractivity contribution is 7.66. The van der Waals surface area contributed by atoms with Crippen LogP contribution in [0.4, 0.5) is 0 Å². The predicted octanol–water partition coefficient (Wildman–Crippen LogP) is -1.46. The quantitative estimate of drug-likeness (QED) is 0.173. The number of hydrogen-bond donors (Lipinski definition) is 7. The SMILES string of the molecule is NC=CCc1cn([C@@H]2CC(O)[C@H](COP(=O)(O)OP(=O)(O)OP(=O)(O)O)O2)c(=O)[nH]c1=O. The second-order valence-electron chi connectivity index (χ2n) is 6.27. The largest absolute Gasteiger partial charge is 0.490 e. The van der Waals surface area contributed by atoms with Crippen molar-refractivity contribution in [1.29, 1.82) is 0 Å². The van der Waals surface area contributed by atoms with Crippen LogP contribution in [0.1, 0.15) is 18.2 Å². The summed E-state index contributed by atoms with van der Waals surface area (Å²) in [6.45, 7) is -0.901. The molecule has 2 rings (SSSR count). The Morgan fingerprint density at radius 2 is 1.84 bits per heavy atom. The topological polar surface area (TPSA) is 270 Å². The van der Waals surface area contributed by atoms with E-state index in [4.69, 9.17) is 25.2 Å². The van der Waals surface area contributed by atoms with Gasteiger partial charge in [0.1, 0.15) is 12.3 Å². The molecule has 1 aromatic rings. The van der Waals surface area contributed by atoms with E-state index in [2.05, 4.69) is 18.1 Å². The van der Waals surface area contributed by atoms with Crippen molar-refractivity contribution in [2.45, 2.75) is 31.3 Å². The van der Waals surface area contributed by atoms with Gasteiger partial charge in [-0.25, -0.2) is 18.5 Å². The number of aromatic nitrogens is 2. The van der Waals surface area contributed by atoms with Gasteiger partial charge in [-0.1, -0.05) is 6.08 Å². The van der Waals surface area contributed by atoms with Gasteiger partial charge in [0, 0.05) is 18.2 Å². The number of hydrogen-bond acceptors (Lipinski definition) is 11. The monoisotopic (exact) mass is 523 g/mol. The van der Waals surface area contributed by atoms with Crippen LogP contribution in [0.25, 0.3) is 0 Å². The number of nitrogens with one attached hydrogen (secondary N) is 1. The Kier molecular flexibility index (Phi) is 8.56. The van der Waals surface area contributed by atoms with Crippen LogP contribution < -0.4 is 17.0 Å². The van der Waals surface area contributed by atoms with Gasteiger partial charge in [-0.05, 0) is 12.6 Å². The van der Waals surface area contributed by atoms with Crippen LogP contribution in [0.15, 0.2) is 28.1 Å². The van der Waals surface area contributed by atoms with Crippen molar-refractivity contribution >= 4 is 23.5 Å². The highest BCUT2D eigenvalue weighted by Crippen LogP contribution is 2.66. The molecule has 32 heavy (non-hydrogen) atoms. The summed E-state index contributed by atoms with van der Waals surface area (Å²) in [6, 6.07) is 0. The van der Waals surface area contributed by atoms with E-state index in [1.807, 2.05) is 0 Å². The van der Waals surface area contributed by atoms with Gasteiger partial charge in [-0.15, -0.1) is 0 Å². The molecule has 17 nitrogen and oxygen atoms in total. The molecular weight excluding hydrogens is 503 g/mol. The summed E-state index contributed by atoms with van der Waals surface area (Å²) in [4.78, 5) is 61.5. The molecule has 2 heterocycles. The van der Waals surface area contributed by atoms with E-state index >= 15 is 0 Å². The second-order valence-corrected chi connectivity index (χ2v) is 10.7. The van der Waals surface area contributed by atoms with Gasteiger partial charge < -0.3 is 35.2 Å². The van der Waals surface area contributed by atoms with Crippen molar-refractivity contribution < 1.29 is 56.3 Å². The average molecular weight is 523 g/mol. The Labute approximate surface area is 178 Å². The summed E-state index contributed by atoms with van der Waals surface area (Å²) < 4.78 is 51.6. The Morgan fingerprint density at radius 3 is 2.44 bits per heavy atom. The minimum absolute atomic E-state index is 0.0941. The number of phosphoric ester groups is 1.